The summed E-state index contributed by atoms with van der Waals surface area (Å²) in [5.74, 6) is -0.120. The summed E-state index contributed by atoms with van der Waals surface area (Å²) < 4.78 is 1.45. The monoisotopic (exact) mass is 342 g/mol. The molecule has 0 spiro atoms. The summed E-state index contributed by atoms with van der Waals surface area (Å²) in [4.78, 5) is 34.5. The second-order valence-corrected chi connectivity index (χ2v) is 6.20. The average molecular weight is 342 g/mol. The van der Waals surface area contributed by atoms with Crippen molar-refractivity contribution in [3.63, 3.8) is 0 Å². The molecule has 3 rings (SSSR count). The summed E-state index contributed by atoms with van der Waals surface area (Å²) >= 11 is 0. The van der Waals surface area contributed by atoms with Gasteiger partial charge in [0.2, 0.25) is 11.9 Å². The van der Waals surface area contributed by atoms with Gasteiger partial charge in [0.05, 0.1) is 5.56 Å². The van der Waals surface area contributed by atoms with Crippen LogP contribution in [-0.4, -0.2) is 49.6 Å². The third kappa shape index (κ3) is 4.62. The van der Waals surface area contributed by atoms with E-state index < -0.39 is 0 Å². The molecular weight excluding hydrogens is 320 g/mol. The third-order valence-corrected chi connectivity index (χ3v) is 4.19. The van der Waals surface area contributed by atoms with Crippen LogP contribution in [0.1, 0.15) is 41.7 Å². The number of anilines is 1. The van der Waals surface area contributed by atoms with Gasteiger partial charge in [-0.1, -0.05) is 12.8 Å². The lowest BCUT2D eigenvalue weighted by molar-refractivity contribution is -0.132. The maximum atomic E-state index is 12.3. The van der Waals surface area contributed by atoms with E-state index in [0.717, 1.165) is 31.6 Å². The Bertz CT molecular complexity index is 732. The number of nitrogens with one attached hydrogen (secondary N) is 1. The molecule has 0 bridgehead atoms. The molecule has 1 saturated heterocycles. The molecule has 0 aliphatic carbocycles. The Balaban J connectivity index is 1.57. The van der Waals surface area contributed by atoms with Crippen molar-refractivity contribution in [1.29, 1.82) is 0 Å². The fourth-order valence-corrected chi connectivity index (χ4v) is 2.76. The number of rotatable bonds is 4. The van der Waals surface area contributed by atoms with Crippen LogP contribution in [-0.2, 0) is 11.3 Å². The normalized spacial score (nSPS) is 14.8. The van der Waals surface area contributed by atoms with Crippen molar-refractivity contribution in [3.05, 3.63) is 35.9 Å². The second-order valence-electron chi connectivity index (χ2n) is 6.20. The molecule has 0 saturated carbocycles. The minimum absolute atomic E-state index is 0.0346. The number of nitrogens with zero attached hydrogens (tertiary/aromatic N) is 5. The first-order valence-corrected chi connectivity index (χ1v) is 8.53. The van der Waals surface area contributed by atoms with Gasteiger partial charge >= 0.3 is 0 Å². The van der Waals surface area contributed by atoms with Crippen LogP contribution >= 0.6 is 0 Å². The Hall–Kier alpha value is -2.77. The largest absolute Gasteiger partial charge is 0.341 e. The van der Waals surface area contributed by atoms with E-state index in [1.807, 2.05) is 11.8 Å². The van der Waals surface area contributed by atoms with Crippen LogP contribution in [0.25, 0.3) is 0 Å². The molecule has 1 aliphatic rings. The van der Waals surface area contributed by atoms with Crippen molar-refractivity contribution in [2.45, 2.75) is 39.2 Å². The van der Waals surface area contributed by atoms with Crippen LogP contribution < -0.4 is 5.32 Å². The van der Waals surface area contributed by atoms with Gasteiger partial charge in [-0.05, 0) is 31.9 Å². The lowest BCUT2D eigenvalue weighted by atomic mass is 10.2. The van der Waals surface area contributed by atoms with Gasteiger partial charge in [-0.15, -0.1) is 5.10 Å². The van der Waals surface area contributed by atoms with Gasteiger partial charge in [-0.3, -0.25) is 19.9 Å². The van der Waals surface area contributed by atoms with E-state index >= 15 is 0 Å². The number of pyridine rings is 1. The maximum absolute atomic E-state index is 12.3. The summed E-state index contributed by atoms with van der Waals surface area (Å²) in [7, 11) is 0. The standard InChI is InChI=1S/C17H22N6O2/c1-13-6-7-14(10-18-13)16(25)20-17-19-12-23(21-17)11-15(24)22-8-4-2-3-5-9-22/h6-7,10,12H,2-5,8-9,11H2,1H3,(H,20,21,25). The Morgan fingerprint density at radius 1 is 1.12 bits per heavy atom. The van der Waals surface area contributed by atoms with Gasteiger partial charge in [0.1, 0.15) is 12.9 Å². The van der Waals surface area contributed by atoms with Gasteiger partial charge in [-0.25, -0.2) is 9.67 Å². The number of hydrogen-bond donors (Lipinski definition) is 1. The van der Waals surface area contributed by atoms with E-state index in [1.54, 1.807) is 12.1 Å². The number of carbonyl (C=O) groups is 2. The van der Waals surface area contributed by atoms with E-state index in [1.165, 1.54) is 30.0 Å². The minimum Gasteiger partial charge on any atom is -0.341 e. The molecule has 132 valence electrons. The zero-order chi connectivity index (χ0) is 17.6. The quantitative estimate of drug-likeness (QED) is 0.912. The first-order chi connectivity index (χ1) is 12.1. The van der Waals surface area contributed by atoms with Crippen molar-refractivity contribution in [1.82, 2.24) is 24.6 Å². The van der Waals surface area contributed by atoms with E-state index in [2.05, 4.69) is 20.4 Å². The molecule has 2 amide bonds. The van der Waals surface area contributed by atoms with Crippen molar-refractivity contribution >= 4 is 17.8 Å². The molecule has 25 heavy (non-hydrogen) atoms. The van der Waals surface area contributed by atoms with Gasteiger partial charge in [0.25, 0.3) is 5.91 Å². The van der Waals surface area contributed by atoms with Crippen LogP contribution in [0.4, 0.5) is 5.95 Å². The van der Waals surface area contributed by atoms with Crippen molar-refractivity contribution in [2.75, 3.05) is 18.4 Å². The highest BCUT2D eigenvalue weighted by molar-refractivity contribution is 6.03. The predicted molar refractivity (Wildman–Crippen MR) is 92.0 cm³/mol. The molecule has 1 aliphatic heterocycles. The molecule has 0 unspecified atom stereocenters. The lowest BCUT2D eigenvalue weighted by Gasteiger charge is -2.19. The van der Waals surface area contributed by atoms with Crippen molar-refractivity contribution < 1.29 is 9.59 Å². The van der Waals surface area contributed by atoms with Gasteiger partial charge in [0, 0.05) is 25.0 Å². The molecule has 8 heteroatoms. The molecule has 3 heterocycles. The van der Waals surface area contributed by atoms with Crippen molar-refractivity contribution in [3.8, 4) is 0 Å². The summed E-state index contributed by atoms with van der Waals surface area (Å²) in [5, 5.41) is 6.77. The SMILES string of the molecule is Cc1ccc(C(=O)Nc2ncn(CC(=O)N3CCCCCC3)n2)cn1. The number of amides is 2. The predicted octanol–water partition coefficient (Wildman–Crippen LogP) is 1.64. The van der Waals surface area contributed by atoms with Crippen molar-refractivity contribution in [2.24, 2.45) is 0 Å². The third-order valence-electron chi connectivity index (χ3n) is 4.19. The Morgan fingerprint density at radius 2 is 1.88 bits per heavy atom. The van der Waals surface area contributed by atoms with Crippen LogP contribution in [0.15, 0.2) is 24.7 Å². The highest BCUT2D eigenvalue weighted by Crippen LogP contribution is 2.10. The lowest BCUT2D eigenvalue weighted by Crippen LogP contribution is -2.34. The highest BCUT2D eigenvalue weighted by atomic mass is 16.2. The van der Waals surface area contributed by atoms with Crippen LogP contribution in [0.2, 0.25) is 0 Å². The molecule has 0 atom stereocenters. The summed E-state index contributed by atoms with van der Waals surface area (Å²) in [6.07, 6.45) is 7.42. The van der Waals surface area contributed by atoms with Crippen LogP contribution in [0.5, 0.6) is 0 Å². The molecule has 0 radical (unpaired) electrons. The first-order valence-electron chi connectivity index (χ1n) is 8.53. The van der Waals surface area contributed by atoms with E-state index in [4.69, 9.17) is 0 Å². The van der Waals surface area contributed by atoms with Gasteiger partial charge in [-0.2, -0.15) is 0 Å². The summed E-state index contributed by atoms with van der Waals surface area (Å²) in [6, 6.07) is 3.46. The van der Waals surface area contributed by atoms with Crippen LogP contribution in [0.3, 0.4) is 0 Å². The molecule has 0 aromatic carbocycles. The maximum Gasteiger partial charge on any atom is 0.259 e. The zero-order valence-corrected chi connectivity index (χ0v) is 14.3. The Labute approximate surface area is 146 Å². The van der Waals surface area contributed by atoms with E-state index in [0.29, 0.717) is 5.56 Å². The highest BCUT2D eigenvalue weighted by Gasteiger charge is 2.17. The number of aromatic nitrogens is 4. The number of likely N-dealkylation sites (tertiary alicyclic amines) is 1. The molecule has 2 aromatic heterocycles. The smallest absolute Gasteiger partial charge is 0.259 e. The molecule has 1 N–H and O–H groups in total. The Morgan fingerprint density at radius 3 is 2.56 bits per heavy atom. The van der Waals surface area contributed by atoms with Gasteiger partial charge < -0.3 is 4.90 Å². The molecule has 8 nitrogen and oxygen atoms in total. The summed E-state index contributed by atoms with van der Waals surface area (Å²) in [6.45, 7) is 3.59. The minimum atomic E-state index is -0.330. The van der Waals surface area contributed by atoms with E-state index in [-0.39, 0.29) is 24.3 Å². The number of hydrogen-bond acceptors (Lipinski definition) is 5. The number of carbonyl (C=O) groups excluding carboxylic acids is 2. The second kappa shape index (κ2) is 7.87. The fraction of sp³-hybridized carbons (Fsp3) is 0.471. The van der Waals surface area contributed by atoms with Gasteiger partial charge in [0.15, 0.2) is 0 Å². The summed E-state index contributed by atoms with van der Waals surface area (Å²) in [5.41, 5.74) is 1.27. The Kier molecular flexibility index (Phi) is 5.37. The molecular formula is C17H22N6O2. The van der Waals surface area contributed by atoms with Crippen LogP contribution in [0, 0.1) is 6.92 Å². The van der Waals surface area contributed by atoms with E-state index in [9.17, 15) is 9.59 Å². The average Bonchev–Trinajstić information content (AvgIpc) is 2.86. The molecule has 1 fully saturated rings. The number of aryl methyl sites for hydroxylation is 1. The first kappa shape index (κ1) is 17.1. The topological polar surface area (TPSA) is 93.0 Å². The molecule has 2 aromatic rings. The zero-order valence-electron chi connectivity index (χ0n) is 14.3. The fourth-order valence-electron chi connectivity index (χ4n) is 2.76.